The molecule has 412 valence electrons. The molecule has 0 aromatic carbocycles. The van der Waals surface area contributed by atoms with E-state index in [1.54, 1.807) is 0 Å². The summed E-state index contributed by atoms with van der Waals surface area (Å²) in [6.07, 6.45) is 84.6. The second kappa shape index (κ2) is 60.1. The Morgan fingerprint density at radius 1 is 0.288 bits per heavy atom. The van der Waals surface area contributed by atoms with Crippen molar-refractivity contribution in [2.24, 2.45) is 0 Å². The second-order valence-corrected chi connectivity index (χ2v) is 19.2. The van der Waals surface area contributed by atoms with Gasteiger partial charge in [-0.05, 0) is 128 Å². The Kier molecular flexibility index (Phi) is 56.4. The van der Waals surface area contributed by atoms with Crippen LogP contribution in [0.4, 0.5) is 0 Å². The summed E-state index contributed by atoms with van der Waals surface area (Å²) >= 11 is 0. The van der Waals surface area contributed by atoms with Crippen LogP contribution in [-0.2, 0) is 28.6 Å². The summed E-state index contributed by atoms with van der Waals surface area (Å²) in [4.78, 5) is 38.1. The van der Waals surface area contributed by atoms with Crippen molar-refractivity contribution in [2.75, 3.05) is 13.2 Å². The standard InChI is InChI=1S/C67H108O6/c1-4-7-10-13-16-19-22-24-26-28-29-30-31-32-33-34-35-36-37-38-39-40-42-43-45-48-51-54-57-60-66(69)72-63-64(62-71-65(68)59-56-53-50-47-21-18-15-12-9-6-3)73-67(70)61-58-55-52-49-46-44-41-27-25-23-20-17-14-11-8-5-2/h7,10,12,15-16,19,24,26-27,29-30,32-33,35-36,38-39,41-43,48,51,64H,4-6,8-9,11,13-14,17-18,20-23,25,28,31,34,37,40,44-47,49-50,52-63H2,1-3H3/b10-7-,15-12-,19-16-,26-24-,30-29-,33-32-,36-35-,39-38-,41-27-,43-42-,51-48-. The third-order valence-electron chi connectivity index (χ3n) is 12.1. The van der Waals surface area contributed by atoms with Crippen LogP contribution in [0.2, 0.25) is 0 Å². The topological polar surface area (TPSA) is 78.9 Å². The number of ether oxygens (including phenoxy) is 3. The molecule has 0 saturated carbocycles. The van der Waals surface area contributed by atoms with Gasteiger partial charge in [-0.3, -0.25) is 14.4 Å². The van der Waals surface area contributed by atoms with Crippen molar-refractivity contribution in [2.45, 2.75) is 258 Å². The van der Waals surface area contributed by atoms with E-state index >= 15 is 0 Å². The summed E-state index contributed by atoms with van der Waals surface area (Å²) in [6, 6.07) is 0. The summed E-state index contributed by atoms with van der Waals surface area (Å²) < 4.78 is 16.8. The average Bonchev–Trinajstić information content (AvgIpc) is 3.39. The van der Waals surface area contributed by atoms with E-state index in [1.807, 2.05) is 0 Å². The van der Waals surface area contributed by atoms with Crippen LogP contribution in [0.1, 0.15) is 252 Å². The predicted molar refractivity (Wildman–Crippen MR) is 316 cm³/mol. The fourth-order valence-corrected chi connectivity index (χ4v) is 7.68. The highest BCUT2D eigenvalue weighted by Crippen LogP contribution is 2.13. The Morgan fingerprint density at radius 3 is 0.959 bits per heavy atom. The minimum Gasteiger partial charge on any atom is -0.462 e. The maximum atomic E-state index is 12.8. The smallest absolute Gasteiger partial charge is 0.306 e. The summed E-state index contributed by atoms with van der Waals surface area (Å²) in [6.45, 7) is 6.39. The van der Waals surface area contributed by atoms with E-state index in [4.69, 9.17) is 14.2 Å². The van der Waals surface area contributed by atoms with Crippen LogP contribution in [0.15, 0.2) is 134 Å². The molecule has 0 heterocycles. The molecule has 0 aliphatic heterocycles. The van der Waals surface area contributed by atoms with Crippen LogP contribution in [0.5, 0.6) is 0 Å². The lowest BCUT2D eigenvalue weighted by atomic mass is 10.1. The molecule has 0 saturated heterocycles. The van der Waals surface area contributed by atoms with Crippen molar-refractivity contribution in [3.8, 4) is 0 Å². The molecule has 0 N–H and O–H groups in total. The summed E-state index contributed by atoms with van der Waals surface area (Å²) in [5.74, 6) is -0.992. The Labute approximate surface area is 449 Å². The van der Waals surface area contributed by atoms with Gasteiger partial charge < -0.3 is 14.2 Å². The van der Waals surface area contributed by atoms with Crippen LogP contribution >= 0.6 is 0 Å². The largest absolute Gasteiger partial charge is 0.462 e. The third-order valence-corrected chi connectivity index (χ3v) is 12.1. The molecule has 6 nitrogen and oxygen atoms in total. The lowest BCUT2D eigenvalue weighted by Gasteiger charge is -2.18. The van der Waals surface area contributed by atoms with Crippen molar-refractivity contribution in [1.29, 1.82) is 0 Å². The van der Waals surface area contributed by atoms with Gasteiger partial charge in [0.25, 0.3) is 0 Å². The van der Waals surface area contributed by atoms with Gasteiger partial charge in [0.15, 0.2) is 6.10 Å². The van der Waals surface area contributed by atoms with Crippen molar-refractivity contribution >= 4 is 17.9 Å². The van der Waals surface area contributed by atoms with Gasteiger partial charge in [0, 0.05) is 19.3 Å². The first-order valence-corrected chi connectivity index (χ1v) is 29.7. The number of allylic oxidation sites excluding steroid dienone is 22. The molecule has 0 fully saturated rings. The van der Waals surface area contributed by atoms with Crippen LogP contribution in [0.25, 0.3) is 0 Å². The van der Waals surface area contributed by atoms with Gasteiger partial charge >= 0.3 is 17.9 Å². The quantitative estimate of drug-likeness (QED) is 0.0261. The zero-order valence-corrected chi connectivity index (χ0v) is 47.1. The van der Waals surface area contributed by atoms with E-state index in [9.17, 15) is 14.4 Å². The lowest BCUT2D eigenvalue weighted by Crippen LogP contribution is -2.30. The molecule has 0 aromatic rings. The molecule has 0 bridgehead atoms. The summed E-state index contributed by atoms with van der Waals surface area (Å²) in [5.41, 5.74) is 0. The van der Waals surface area contributed by atoms with E-state index < -0.39 is 6.10 Å². The molecule has 6 heteroatoms. The number of hydrogen-bond acceptors (Lipinski definition) is 6. The molecule has 73 heavy (non-hydrogen) atoms. The predicted octanol–water partition coefficient (Wildman–Crippen LogP) is 20.2. The van der Waals surface area contributed by atoms with E-state index in [2.05, 4.69) is 154 Å². The highest BCUT2D eigenvalue weighted by atomic mass is 16.6. The molecule has 0 aliphatic carbocycles. The van der Waals surface area contributed by atoms with Crippen LogP contribution < -0.4 is 0 Å². The van der Waals surface area contributed by atoms with Gasteiger partial charge in [0.05, 0.1) is 0 Å². The van der Waals surface area contributed by atoms with Gasteiger partial charge in [-0.25, -0.2) is 0 Å². The number of carbonyl (C=O) groups is 3. The first kappa shape index (κ1) is 68.6. The summed E-state index contributed by atoms with van der Waals surface area (Å²) in [7, 11) is 0. The molecule has 1 unspecified atom stereocenters. The molecule has 1 atom stereocenters. The number of rotatable bonds is 52. The van der Waals surface area contributed by atoms with Crippen molar-refractivity contribution < 1.29 is 28.6 Å². The van der Waals surface area contributed by atoms with Gasteiger partial charge in [-0.1, -0.05) is 238 Å². The first-order valence-electron chi connectivity index (χ1n) is 29.7. The zero-order valence-electron chi connectivity index (χ0n) is 47.1. The second-order valence-electron chi connectivity index (χ2n) is 19.2. The molecule has 0 rings (SSSR count). The van der Waals surface area contributed by atoms with Crippen LogP contribution in [-0.4, -0.2) is 37.2 Å². The Balaban J connectivity index is 4.40. The molecule has 0 spiro atoms. The van der Waals surface area contributed by atoms with Crippen molar-refractivity contribution in [3.05, 3.63) is 134 Å². The van der Waals surface area contributed by atoms with Crippen LogP contribution in [0.3, 0.4) is 0 Å². The maximum Gasteiger partial charge on any atom is 0.306 e. The highest BCUT2D eigenvalue weighted by molar-refractivity contribution is 5.71. The summed E-state index contributed by atoms with van der Waals surface area (Å²) in [5, 5.41) is 0. The zero-order chi connectivity index (χ0) is 52.9. The van der Waals surface area contributed by atoms with E-state index in [1.165, 1.54) is 70.6 Å². The fourth-order valence-electron chi connectivity index (χ4n) is 7.68. The SMILES string of the molecule is CC/C=C\C/C=C\C/C=C\C/C=C\C/C=C\C/C=C\C/C=C\C/C=C\C/C=C\CCCC(=O)OCC(COC(=O)CCCCCCC/C=C\CCC)OC(=O)CCCCCCC/C=C\CCCCCCCCC. The number of unbranched alkanes of at least 4 members (excludes halogenated alkanes) is 19. The van der Waals surface area contributed by atoms with Crippen LogP contribution in [0, 0.1) is 0 Å². The van der Waals surface area contributed by atoms with Crippen molar-refractivity contribution in [3.63, 3.8) is 0 Å². The fraction of sp³-hybridized carbons (Fsp3) is 0.627. The van der Waals surface area contributed by atoms with E-state index in [-0.39, 0.29) is 37.5 Å². The molecular formula is C67H108O6. The van der Waals surface area contributed by atoms with Crippen molar-refractivity contribution in [1.82, 2.24) is 0 Å². The number of carbonyl (C=O) groups excluding carboxylic acids is 3. The monoisotopic (exact) mass is 1010 g/mol. The Morgan fingerprint density at radius 2 is 0.575 bits per heavy atom. The minimum absolute atomic E-state index is 0.107. The molecular weight excluding hydrogens is 901 g/mol. The van der Waals surface area contributed by atoms with Gasteiger partial charge in [-0.15, -0.1) is 0 Å². The maximum absolute atomic E-state index is 12.8. The van der Waals surface area contributed by atoms with Gasteiger partial charge in [0.1, 0.15) is 13.2 Å². The Hall–Kier alpha value is -4.45. The normalized spacial score (nSPS) is 13.1. The third kappa shape index (κ3) is 58.3. The molecule has 0 aliphatic rings. The number of hydrogen-bond donors (Lipinski definition) is 0. The van der Waals surface area contributed by atoms with Gasteiger partial charge in [-0.2, -0.15) is 0 Å². The van der Waals surface area contributed by atoms with E-state index in [0.717, 1.165) is 135 Å². The minimum atomic E-state index is -0.813. The molecule has 0 aromatic heterocycles. The molecule has 0 amide bonds. The molecule has 0 radical (unpaired) electrons. The van der Waals surface area contributed by atoms with Gasteiger partial charge in [0.2, 0.25) is 0 Å². The first-order chi connectivity index (χ1) is 36.0. The number of esters is 3. The van der Waals surface area contributed by atoms with E-state index in [0.29, 0.717) is 19.3 Å². The highest BCUT2D eigenvalue weighted by Gasteiger charge is 2.19. The average molecular weight is 1010 g/mol. The lowest BCUT2D eigenvalue weighted by molar-refractivity contribution is -0.167. The Bertz CT molecular complexity index is 1580.